The van der Waals surface area contributed by atoms with Crippen LogP contribution in [0.3, 0.4) is 0 Å². The van der Waals surface area contributed by atoms with E-state index in [9.17, 15) is 0 Å². The summed E-state index contributed by atoms with van der Waals surface area (Å²) >= 11 is 0. The van der Waals surface area contributed by atoms with Crippen molar-refractivity contribution in [3.63, 3.8) is 0 Å². The molecule has 0 spiro atoms. The quantitative estimate of drug-likeness (QED) is 0.460. The number of nitrogen functional groups attached to an aromatic ring is 1. The Labute approximate surface area is 108 Å². The number of anilines is 2. The van der Waals surface area contributed by atoms with Gasteiger partial charge in [0.15, 0.2) is 11.6 Å². The van der Waals surface area contributed by atoms with Crippen LogP contribution in [-0.4, -0.2) is 48.2 Å². The number of nitrogens with two attached hydrogens (primary N) is 1. The van der Waals surface area contributed by atoms with Crippen molar-refractivity contribution in [2.75, 3.05) is 44.0 Å². The second kappa shape index (κ2) is 7.67. The summed E-state index contributed by atoms with van der Waals surface area (Å²) in [5.74, 6) is 7.00. The van der Waals surface area contributed by atoms with Crippen LogP contribution in [0, 0.1) is 0 Å². The minimum atomic E-state index is 0.470. The lowest BCUT2D eigenvalue weighted by Crippen LogP contribution is -2.29. The lowest BCUT2D eigenvalue weighted by atomic mass is 10.4. The van der Waals surface area contributed by atoms with Crippen LogP contribution in [-0.2, 0) is 0 Å². The zero-order valence-electron chi connectivity index (χ0n) is 11.2. The van der Waals surface area contributed by atoms with Crippen molar-refractivity contribution in [3.8, 4) is 5.75 Å². The molecule has 0 atom stereocenters. The van der Waals surface area contributed by atoms with Gasteiger partial charge in [0.05, 0.1) is 7.11 Å². The van der Waals surface area contributed by atoms with E-state index in [2.05, 4.69) is 39.5 Å². The Morgan fingerprint density at radius 2 is 1.94 bits per heavy atom. The van der Waals surface area contributed by atoms with Gasteiger partial charge in [-0.2, -0.15) is 0 Å². The van der Waals surface area contributed by atoms with Crippen LogP contribution < -0.4 is 21.3 Å². The van der Waals surface area contributed by atoms with Gasteiger partial charge in [0.25, 0.3) is 0 Å². The van der Waals surface area contributed by atoms with E-state index in [0.717, 1.165) is 26.2 Å². The summed E-state index contributed by atoms with van der Waals surface area (Å²) in [7, 11) is 1.56. The van der Waals surface area contributed by atoms with Crippen molar-refractivity contribution >= 4 is 11.6 Å². The molecule has 0 radical (unpaired) electrons. The van der Waals surface area contributed by atoms with E-state index in [1.54, 1.807) is 7.11 Å². The average Bonchev–Trinajstić information content (AvgIpc) is 2.43. The zero-order valence-corrected chi connectivity index (χ0v) is 11.2. The number of methoxy groups -OCH3 is 1. The van der Waals surface area contributed by atoms with Gasteiger partial charge in [-0.1, -0.05) is 13.8 Å². The van der Waals surface area contributed by atoms with Gasteiger partial charge in [0.1, 0.15) is 6.33 Å². The average molecular weight is 254 g/mol. The SMILES string of the molecule is CCN(CC)CCNc1ncnc(NN)c1OC. The predicted octanol–water partition coefficient (Wildman–Crippen LogP) is 0.525. The molecule has 0 aliphatic carbocycles. The maximum absolute atomic E-state index is 5.36. The smallest absolute Gasteiger partial charge is 0.205 e. The molecule has 1 aromatic rings. The van der Waals surface area contributed by atoms with Crippen LogP contribution in [0.4, 0.5) is 11.6 Å². The molecule has 0 saturated carbocycles. The fourth-order valence-corrected chi connectivity index (χ4v) is 1.67. The summed E-state index contributed by atoms with van der Waals surface area (Å²) < 4.78 is 5.23. The number of hydrogen-bond donors (Lipinski definition) is 3. The predicted molar refractivity (Wildman–Crippen MR) is 72.7 cm³/mol. The molecule has 0 bridgehead atoms. The van der Waals surface area contributed by atoms with Gasteiger partial charge in [-0.3, -0.25) is 0 Å². The van der Waals surface area contributed by atoms with Crippen molar-refractivity contribution in [1.82, 2.24) is 14.9 Å². The summed E-state index contributed by atoms with van der Waals surface area (Å²) in [5.41, 5.74) is 2.48. The second-order valence-electron chi connectivity index (χ2n) is 3.70. The Hall–Kier alpha value is -1.60. The molecular weight excluding hydrogens is 232 g/mol. The highest BCUT2D eigenvalue weighted by molar-refractivity contribution is 5.62. The Balaban J connectivity index is 2.61. The molecule has 1 aromatic heterocycles. The summed E-state index contributed by atoms with van der Waals surface area (Å²) in [6, 6.07) is 0. The monoisotopic (exact) mass is 254 g/mol. The van der Waals surface area contributed by atoms with Crippen molar-refractivity contribution < 1.29 is 4.74 Å². The fraction of sp³-hybridized carbons (Fsp3) is 0.636. The van der Waals surface area contributed by atoms with Crippen molar-refractivity contribution in [2.24, 2.45) is 5.84 Å². The minimum absolute atomic E-state index is 0.470. The van der Waals surface area contributed by atoms with Crippen LogP contribution in [0.2, 0.25) is 0 Å². The van der Waals surface area contributed by atoms with Crippen LogP contribution >= 0.6 is 0 Å². The molecule has 18 heavy (non-hydrogen) atoms. The van der Waals surface area contributed by atoms with Gasteiger partial charge in [-0.25, -0.2) is 15.8 Å². The molecule has 1 rings (SSSR count). The van der Waals surface area contributed by atoms with Crippen LogP contribution in [0.15, 0.2) is 6.33 Å². The molecule has 7 heteroatoms. The van der Waals surface area contributed by atoms with Crippen LogP contribution in [0.1, 0.15) is 13.8 Å². The highest BCUT2D eigenvalue weighted by atomic mass is 16.5. The lowest BCUT2D eigenvalue weighted by Gasteiger charge is -2.19. The van der Waals surface area contributed by atoms with E-state index in [1.165, 1.54) is 6.33 Å². The Kier molecular flexibility index (Phi) is 6.16. The van der Waals surface area contributed by atoms with Crippen molar-refractivity contribution in [3.05, 3.63) is 6.33 Å². The van der Waals surface area contributed by atoms with E-state index < -0.39 is 0 Å². The standard InChI is InChI=1S/C11H22N6O/c1-4-17(5-2)7-6-13-10-9(18-3)11(16-12)15-8-14-10/h8H,4-7,12H2,1-3H3,(H2,13,14,15,16). The number of ether oxygens (including phenoxy) is 1. The number of aromatic nitrogens is 2. The van der Waals surface area contributed by atoms with Crippen LogP contribution in [0.25, 0.3) is 0 Å². The van der Waals surface area contributed by atoms with Gasteiger partial charge in [0, 0.05) is 13.1 Å². The summed E-state index contributed by atoms with van der Waals surface area (Å²) in [6.07, 6.45) is 1.44. The first-order chi connectivity index (χ1) is 8.76. The van der Waals surface area contributed by atoms with E-state index >= 15 is 0 Å². The third-order valence-electron chi connectivity index (χ3n) is 2.76. The summed E-state index contributed by atoms with van der Waals surface area (Å²) in [5, 5.41) is 3.22. The molecule has 0 unspecified atom stereocenters. The molecule has 102 valence electrons. The third kappa shape index (κ3) is 3.71. The minimum Gasteiger partial charge on any atom is -0.490 e. The molecule has 0 aliphatic rings. The van der Waals surface area contributed by atoms with Crippen molar-refractivity contribution in [1.29, 1.82) is 0 Å². The maximum atomic E-state index is 5.36. The highest BCUT2D eigenvalue weighted by Gasteiger charge is 2.10. The first-order valence-corrected chi connectivity index (χ1v) is 6.08. The normalized spacial score (nSPS) is 10.5. The van der Waals surface area contributed by atoms with Gasteiger partial charge in [-0.05, 0) is 13.1 Å². The summed E-state index contributed by atoms with van der Waals surface area (Å²) in [6.45, 7) is 8.10. The van der Waals surface area contributed by atoms with Crippen LogP contribution in [0.5, 0.6) is 5.75 Å². The first-order valence-electron chi connectivity index (χ1n) is 6.08. The zero-order chi connectivity index (χ0) is 13.4. The Morgan fingerprint density at radius 3 is 2.50 bits per heavy atom. The third-order valence-corrected chi connectivity index (χ3v) is 2.76. The van der Waals surface area contributed by atoms with E-state index in [-0.39, 0.29) is 0 Å². The van der Waals surface area contributed by atoms with E-state index in [0.29, 0.717) is 17.4 Å². The number of nitrogens with zero attached hydrogens (tertiary/aromatic N) is 3. The van der Waals surface area contributed by atoms with E-state index in [4.69, 9.17) is 10.6 Å². The van der Waals surface area contributed by atoms with Gasteiger partial charge < -0.3 is 20.4 Å². The number of hydrogen-bond acceptors (Lipinski definition) is 7. The number of nitrogens with one attached hydrogen (secondary N) is 2. The molecule has 0 amide bonds. The molecule has 0 fully saturated rings. The fourth-order valence-electron chi connectivity index (χ4n) is 1.67. The second-order valence-corrected chi connectivity index (χ2v) is 3.70. The molecule has 1 heterocycles. The highest BCUT2D eigenvalue weighted by Crippen LogP contribution is 2.27. The number of hydrazine groups is 1. The molecular formula is C11H22N6O. The summed E-state index contributed by atoms with van der Waals surface area (Å²) in [4.78, 5) is 10.4. The Morgan fingerprint density at radius 1 is 1.28 bits per heavy atom. The molecule has 4 N–H and O–H groups in total. The maximum Gasteiger partial charge on any atom is 0.205 e. The van der Waals surface area contributed by atoms with E-state index in [1.807, 2.05) is 0 Å². The molecule has 7 nitrogen and oxygen atoms in total. The van der Waals surface area contributed by atoms with Crippen molar-refractivity contribution in [2.45, 2.75) is 13.8 Å². The van der Waals surface area contributed by atoms with Gasteiger partial charge in [0.2, 0.25) is 5.75 Å². The number of likely N-dealkylation sites (N-methyl/N-ethyl adjacent to an activating group) is 1. The molecule has 0 aromatic carbocycles. The first kappa shape index (κ1) is 14.5. The largest absolute Gasteiger partial charge is 0.490 e. The van der Waals surface area contributed by atoms with Gasteiger partial charge >= 0.3 is 0 Å². The molecule has 0 aliphatic heterocycles. The topological polar surface area (TPSA) is 88.3 Å². The Bertz CT molecular complexity index is 355. The lowest BCUT2D eigenvalue weighted by molar-refractivity contribution is 0.315. The van der Waals surface area contributed by atoms with Gasteiger partial charge in [-0.15, -0.1) is 0 Å². The number of rotatable bonds is 8. The molecule has 0 saturated heterocycles.